The number of hydrogen-bond donors (Lipinski definition) is 0. The second-order valence-corrected chi connectivity index (χ2v) is 7.51. The maximum Gasteiger partial charge on any atom is 0.162 e. The molecule has 4 heteroatoms. The zero-order chi connectivity index (χ0) is 15.0. The zero-order valence-corrected chi connectivity index (χ0v) is 12.4. The van der Waals surface area contributed by atoms with Crippen molar-refractivity contribution in [3.63, 3.8) is 0 Å². The van der Waals surface area contributed by atoms with Crippen LogP contribution in [0.1, 0.15) is 51.4 Å². The molecule has 3 aliphatic carbocycles. The lowest BCUT2D eigenvalue weighted by molar-refractivity contribution is -0.113. The van der Waals surface area contributed by atoms with Crippen molar-refractivity contribution >= 4 is 6.29 Å². The van der Waals surface area contributed by atoms with Crippen LogP contribution in [0.3, 0.4) is 0 Å². The molecule has 3 saturated carbocycles. The monoisotopic (exact) mass is 302 g/mol. The highest BCUT2D eigenvalue weighted by molar-refractivity contribution is 5.53. The smallest absolute Gasteiger partial charge is 0.162 e. The van der Waals surface area contributed by atoms with Gasteiger partial charge < -0.3 is 4.79 Å². The molecule has 0 heterocycles. The maximum atomic E-state index is 13.6. The molecule has 0 bridgehead atoms. The quantitative estimate of drug-likeness (QED) is 0.689. The highest BCUT2D eigenvalue weighted by atomic mass is 19.2. The van der Waals surface area contributed by atoms with Crippen molar-refractivity contribution < 1.29 is 18.0 Å². The standard InChI is InChI=1S/C17H25F3O/c18-15-7-14(8-16(19)17(15)20)13-4-3-11-5-10(9-21)1-2-12(11)6-13/h9-17H,1-8H2. The summed E-state index contributed by atoms with van der Waals surface area (Å²) in [5, 5.41) is 0. The molecule has 21 heavy (non-hydrogen) atoms. The van der Waals surface area contributed by atoms with Gasteiger partial charge in [0.1, 0.15) is 18.6 Å². The van der Waals surface area contributed by atoms with E-state index in [1.165, 1.54) is 0 Å². The first-order valence-electron chi connectivity index (χ1n) is 8.46. The van der Waals surface area contributed by atoms with Crippen LogP contribution in [-0.4, -0.2) is 24.8 Å². The predicted molar refractivity (Wildman–Crippen MR) is 75.1 cm³/mol. The SMILES string of the molecule is O=CC1CCC2CC(C3CC(F)C(F)C(F)C3)CCC2C1. The number of carbonyl (C=O) groups is 1. The first kappa shape index (κ1) is 15.4. The molecule has 0 aromatic rings. The third kappa shape index (κ3) is 3.14. The molecule has 0 amide bonds. The van der Waals surface area contributed by atoms with Crippen LogP contribution in [0, 0.1) is 29.6 Å². The number of carbonyl (C=O) groups excluding carboxylic acids is 1. The molecule has 0 radical (unpaired) electrons. The van der Waals surface area contributed by atoms with E-state index < -0.39 is 18.5 Å². The number of aldehydes is 1. The summed E-state index contributed by atoms with van der Waals surface area (Å²) in [5.41, 5.74) is 0. The van der Waals surface area contributed by atoms with Gasteiger partial charge in [-0.2, -0.15) is 0 Å². The summed E-state index contributed by atoms with van der Waals surface area (Å²) in [4.78, 5) is 10.9. The average molecular weight is 302 g/mol. The van der Waals surface area contributed by atoms with E-state index in [-0.39, 0.29) is 24.7 Å². The molecule has 0 N–H and O–H groups in total. The second-order valence-electron chi connectivity index (χ2n) is 7.51. The molecule has 1 nitrogen and oxygen atoms in total. The molecule has 6 atom stereocenters. The molecular formula is C17H25F3O. The van der Waals surface area contributed by atoms with E-state index in [0.29, 0.717) is 17.8 Å². The van der Waals surface area contributed by atoms with Crippen molar-refractivity contribution in [3.05, 3.63) is 0 Å². The van der Waals surface area contributed by atoms with Crippen molar-refractivity contribution in [1.82, 2.24) is 0 Å². The Kier molecular flexibility index (Phi) is 4.60. The lowest BCUT2D eigenvalue weighted by atomic mass is 9.61. The molecular weight excluding hydrogens is 277 g/mol. The van der Waals surface area contributed by atoms with E-state index in [1.54, 1.807) is 0 Å². The van der Waals surface area contributed by atoms with Gasteiger partial charge in [0.15, 0.2) is 6.17 Å². The molecule has 0 aromatic carbocycles. The fraction of sp³-hybridized carbons (Fsp3) is 0.941. The van der Waals surface area contributed by atoms with Gasteiger partial charge in [-0.05, 0) is 75.0 Å². The van der Waals surface area contributed by atoms with Crippen LogP contribution in [0.15, 0.2) is 0 Å². The first-order valence-corrected chi connectivity index (χ1v) is 8.46. The van der Waals surface area contributed by atoms with Gasteiger partial charge >= 0.3 is 0 Å². The average Bonchev–Trinajstić information content (AvgIpc) is 2.51. The Labute approximate surface area is 124 Å². The van der Waals surface area contributed by atoms with E-state index in [9.17, 15) is 18.0 Å². The third-order valence-electron chi connectivity index (χ3n) is 6.30. The summed E-state index contributed by atoms with van der Waals surface area (Å²) in [7, 11) is 0. The van der Waals surface area contributed by atoms with Crippen molar-refractivity contribution in [1.29, 1.82) is 0 Å². The summed E-state index contributed by atoms with van der Waals surface area (Å²) in [6.07, 6.45) is 2.44. The van der Waals surface area contributed by atoms with Crippen molar-refractivity contribution in [3.8, 4) is 0 Å². The van der Waals surface area contributed by atoms with Gasteiger partial charge in [-0.15, -0.1) is 0 Å². The van der Waals surface area contributed by atoms with Crippen LogP contribution in [0.5, 0.6) is 0 Å². The summed E-state index contributed by atoms with van der Waals surface area (Å²) in [5.74, 6) is 1.80. The van der Waals surface area contributed by atoms with Gasteiger partial charge in [0.2, 0.25) is 0 Å². The van der Waals surface area contributed by atoms with Gasteiger partial charge in [-0.1, -0.05) is 0 Å². The van der Waals surface area contributed by atoms with Gasteiger partial charge in [0.05, 0.1) is 0 Å². The molecule has 120 valence electrons. The Morgan fingerprint density at radius 1 is 0.667 bits per heavy atom. The van der Waals surface area contributed by atoms with Crippen LogP contribution in [0.4, 0.5) is 13.2 Å². The third-order valence-corrected chi connectivity index (χ3v) is 6.30. The van der Waals surface area contributed by atoms with E-state index in [1.807, 2.05) is 0 Å². The summed E-state index contributed by atoms with van der Waals surface area (Å²) in [6, 6.07) is 0. The lowest BCUT2D eigenvalue weighted by Crippen LogP contribution is -2.42. The Balaban J connectivity index is 1.58. The van der Waals surface area contributed by atoms with Crippen LogP contribution < -0.4 is 0 Å². The van der Waals surface area contributed by atoms with Gasteiger partial charge in [-0.25, -0.2) is 13.2 Å². The van der Waals surface area contributed by atoms with Crippen molar-refractivity contribution in [2.45, 2.75) is 69.9 Å². The molecule has 0 spiro atoms. The number of halogens is 3. The predicted octanol–water partition coefficient (Wildman–Crippen LogP) is 4.44. The Morgan fingerprint density at radius 2 is 1.19 bits per heavy atom. The molecule has 0 saturated heterocycles. The van der Waals surface area contributed by atoms with Crippen LogP contribution in [0.2, 0.25) is 0 Å². The van der Waals surface area contributed by atoms with Crippen LogP contribution in [-0.2, 0) is 4.79 Å². The molecule has 6 unspecified atom stereocenters. The molecule has 3 aliphatic rings. The summed E-state index contributed by atoms with van der Waals surface area (Å²) >= 11 is 0. The molecule has 3 fully saturated rings. The molecule has 0 aromatic heterocycles. The van der Waals surface area contributed by atoms with Gasteiger partial charge in [0, 0.05) is 5.92 Å². The summed E-state index contributed by atoms with van der Waals surface area (Å²) in [6.45, 7) is 0. The maximum absolute atomic E-state index is 13.6. The van der Waals surface area contributed by atoms with Gasteiger partial charge in [-0.3, -0.25) is 0 Å². The Morgan fingerprint density at radius 3 is 1.81 bits per heavy atom. The van der Waals surface area contributed by atoms with Crippen molar-refractivity contribution in [2.24, 2.45) is 29.6 Å². The Bertz CT molecular complexity index is 363. The fourth-order valence-corrected chi connectivity index (χ4v) is 5.06. The minimum Gasteiger partial charge on any atom is -0.303 e. The van der Waals surface area contributed by atoms with Gasteiger partial charge in [0.25, 0.3) is 0 Å². The van der Waals surface area contributed by atoms with E-state index in [0.717, 1.165) is 44.8 Å². The molecule has 0 aliphatic heterocycles. The number of alkyl halides is 3. The lowest BCUT2D eigenvalue weighted by Gasteiger charge is -2.45. The summed E-state index contributed by atoms with van der Waals surface area (Å²) < 4.78 is 40.5. The highest BCUT2D eigenvalue weighted by Gasteiger charge is 2.44. The number of rotatable bonds is 2. The fourth-order valence-electron chi connectivity index (χ4n) is 5.06. The minimum atomic E-state index is -1.92. The largest absolute Gasteiger partial charge is 0.303 e. The number of hydrogen-bond acceptors (Lipinski definition) is 1. The van der Waals surface area contributed by atoms with Crippen molar-refractivity contribution in [2.75, 3.05) is 0 Å². The second kappa shape index (κ2) is 6.29. The highest BCUT2D eigenvalue weighted by Crippen LogP contribution is 2.49. The first-order chi connectivity index (χ1) is 10.1. The Hall–Kier alpha value is -0.540. The van der Waals surface area contributed by atoms with Crippen LogP contribution >= 0.6 is 0 Å². The minimum absolute atomic E-state index is 0.00624. The van der Waals surface area contributed by atoms with E-state index in [2.05, 4.69) is 0 Å². The van der Waals surface area contributed by atoms with Crippen LogP contribution in [0.25, 0.3) is 0 Å². The topological polar surface area (TPSA) is 17.1 Å². The van der Waals surface area contributed by atoms with E-state index >= 15 is 0 Å². The number of fused-ring (bicyclic) bond motifs is 1. The molecule has 3 rings (SSSR count). The zero-order valence-electron chi connectivity index (χ0n) is 12.4. The van der Waals surface area contributed by atoms with E-state index in [4.69, 9.17) is 0 Å². The normalized spacial score (nSPS) is 51.2.